The predicted molar refractivity (Wildman–Crippen MR) is 79.0 cm³/mol. The molecular weight excluding hydrogens is 262 g/mol. The van der Waals surface area contributed by atoms with Crippen LogP contribution in [0.4, 0.5) is 0 Å². The number of aromatic nitrogens is 1. The first-order valence-corrected chi connectivity index (χ1v) is 6.87. The van der Waals surface area contributed by atoms with Crippen LogP contribution >= 0.6 is 11.6 Å². The van der Waals surface area contributed by atoms with Gasteiger partial charge in [0.05, 0.1) is 13.2 Å². The molecule has 0 aliphatic rings. The Kier molecular flexibility index (Phi) is 4.07. The van der Waals surface area contributed by atoms with Crippen molar-refractivity contribution in [3.05, 3.63) is 28.9 Å². The summed E-state index contributed by atoms with van der Waals surface area (Å²) in [4.78, 5) is 0. The van der Waals surface area contributed by atoms with E-state index in [0.717, 1.165) is 28.8 Å². The first-order valence-electron chi connectivity index (χ1n) is 6.49. The van der Waals surface area contributed by atoms with E-state index in [-0.39, 0.29) is 0 Å². The van der Waals surface area contributed by atoms with Crippen LogP contribution in [0.25, 0.3) is 10.9 Å². The molecule has 2 rings (SSSR count). The molecule has 1 N–H and O–H groups in total. The molecule has 0 aliphatic carbocycles. The summed E-state index contributed by atoms with van der Waals surface area (Å²) in [6.07, 6.45) is -0.601. The minimum absolute atomic E-state index is 0.483. The molecule has 1 unspecified atom stereocenters. The molecule has 0 saturated heterocycles. The lowest BCUT2D eigenvalue weighted by atomic mass is 10.1. The van der Waals surface area contributed by atoms with Gasteiger partial charge in [-0.25, -0.2) is 0 Å². The molecule has 2 aromatic rings. The lowest BCUT2D eigenvalue weighted by Gasteiger charge is -2.10. The van der Waals surface area contributed by atoms with E-state index >= 15 is 0 Å². The summed E-state index contributed by atoms with van der Waals surface area (Å²) in [7, 11) is 1.63. The van der Waals surface area contributed by atoms with E-state index < -0.39 is 6.10 Å². The molecular formula is C15H20ClNO2. The Balaban J connectivity index is 2.72. The molecule has 1 aromatic carbocycles. The van der Waals surface area contributed by atoms with Crippen LogP contribution in [0.1, 0.15) is 32.4 Å². The second-order valence-corrected chi connectivity index (χ2v) is 5.63. The molecule has 0 saturated carbocycles. The number of benzene rings is 1. The molecule has 1 aromatic heterocycles. The molecule has 3 nitrogen and oxygen atoms in total. The van der Waals surface area contributed by atoms with Crippen molar-refractivity contribution in [3.8, 4) is 5.75 Å². The fourth-order valence-corrected chi connectivity index (χ4v) is 2.82. The summed E-state index contributed by atoms with van der Waals surface area (Å²) in [5.74, 6) is 1.25. The third kappa shape index (κ3) is 2.58. The summed E-state index contributed by atoms with van der Waals surface area (Å²) >= 11 is 6.45. The van der Waals surface area contributed by atoms with E-state index in [1.807, 2.05) is 18.2 Å². The van der Waals surface area contributed by atoms with Crippen molar-refractivity contribution in [1.29, 1.82) is 0 Å². The highest BCUT2D eigenvalue weighted by Gasteiger charge is 2.20. The van der Waals surface area contributed by atoms with Gasteiger partial charge >= 0.3 is 0 Å². The number of rotatable bonds is 4. The highest BCUT2D eigenvalue weighted by Crippen LogP contribution is 2.36. The Morgan fingerprint density at radius 3 is 2.53 bits per heavy atom. The van der Waals surface area contributed by atoms with Crippen LogP contribution in [0.3, 0.4) is 0 Å². The SMILES string of the molecule is COc1ccc2c(c1)c(C(C)O)c(Cl)n2CC(C)C. The fraction of sp³-hybridized carbons (Fsp3) is 0.467. The number of ether oxygens (including phenoxy) is 1. The van der Waals surface area contributed by atoms with Gasteiger partial charge in [-0.15, -0.1) is 0 Å². The molecule has 0 bridgehead atoms. The topological polar surface area (TPSA) is 34.4 Å². The average molecular weight is 282 g/mol. The second kappa shape index (κ2) is 5.43. The zero-order valence-corrected chi connectivity index (χ0v) is 12.5. The molecule has 4 heteroatoms. The Morgan fingerprint density at radius 1 is 1.32 bits per heavy atom. The Hall–Kier alpha value is -1.19. The van der Waals surface area contributed by atoms with Crippen LogP contribution in [-0.4, -0.2) is 16.8 Å². The van der Waals surface area contributed by atoms with Crippen molar-refractivity contribution in [1.82, 2.24) is 4.57 Å². The van der Waals surface area contributed by atoms with Gasteiger partial charge in [0.15, 0.2) is 0 Å². The normalized spacial score (nSPS) is 13.2. The van der Waals surface area contributed by atoms with E-state index in [0.29, 0.717) is 11.1 Å². The standard InChI is InChI=1S/C15H20ClNO2/c1-9(2)8-17-13-6-5-11(19-4)7-12(13)14(10(3)18)15(17)16/h5-7,9-10,18H,8H2,1-4H3. The number of hydrogen-bond acceptors (Lipinski definition) is 2. The lowest BCUT2D eigenvalue weighted by molar-refractivity contribution is 0.200. The molecule has 1 atom stereocenters. The van der Waals surface area contributed by atoms with Crippen LogP contribution in [-0.2, 0) is 6.54 Å². The number of aliphatic hydroxyl groups is 1. The quantitative estimate of drug-likeness (QED) is 0.919. The van der Waals surface area contributed by atoms with E-state index in [9.17, 15) is 5.11 Å². The van der Waals surface area contributed by atoms with E-state index in [4.69, 9.17) is 16.3 Å². The smallest absolute Gasteiger partial charge is 0.119 e. The van der Waals surface area contributed by atoms with Gasteiger partial charge in [0.1, 0.15) is 10.9 Å². The van der Waals surface area contributed by atoms with Crippen LogP contribution in [0.2, 0.25) is 5.15 Å². The zero-order valence-electron chi connectivity index (χ0n) is 11.8. The minimum Gasteiger partial charge on any atom is -0.497 e. The summed E-state index contributed by atoms with van der Waals surface area (Å²) in [6, 6.07) is 5.84. The first-order chi connectivity index (χ1) is 8.95. The van der Waals surface area contributed by atoms with Crippen LogP contribution in [0.5, 0.6) is 5.75 Å². The number of aliphatic hydroxyl groups excluding tert-OH is 1. The Bertz CT molecular complexity index is 587. The summed E-state index contributed by atoms with van der Waals surface area (Å²) in [5, 5.41) is 11.6. The highest BCUT2D eigenvalue weighted by atomic mass is 35.5. The van der Waals surface area contributed by atoms with E-state index in [2.05, 4.69) is 18.4 Å². The molecule has 1 heterocycles. The average Bonchev–Trinajstić information content (AvgIpc) is 2.61. The van der Waals surface area contributed by atoms with Crippen molar-refractivity contribution in [2.75, 3.05) is 7.11 Å². The molecule has 0 aliphatic heterocycles. The molecule has 0 radical (unpaired) electrons. The second-order valence-electron chi connectivity index (χ2n) is 5.27. The predicted octanol–water partition coefficient (Wildman–Crippen LogP) is 4.01. The van der Waals surface area contributed by atoms with Gasteiger partial charge < -0.3 is 14.4 Å². The van der Waals surface area contributed by atoms with Crippen LogP contribution in [0, 0.1) is 5.92 Å². The number of nitrogens with zero attached hydrogens (tertiary/aromatic N) is 1. The summed E-state index contributed by atoms with van der Waals surface area (Å²) in [6.45, 7) is 6.86. The van der Waals surface area contributed by atoms with Gasteiger partial charge in [0.25, 0.3) is 0 Å². The van der Waals surface area contributed by atoms with Gasteiger partial charge in [0.2, 0.25) is 0 Å². The number of halogens is 1. The molecule has 0 spiro atoms. The van der Waals surface area contributed by atoms with Crippen LogP contribution in [0.15, 0.2) is 18.2 Å². The summed E-state index contributed by atoms with van der Waals surface area (Å²) in [5.41, 5.74) is 1.81. The molecule has 19 heavy (non-hydrogen) atoms. The lowest BCUT2D eigenvalue weighted by Crippen LogP contribution is -2.04. The van der Waals surface area contributed by atoms with Gasteiger partial charge in [-0.3, -0.25) is 0 Å². The first kappa shape index (κ1) is 14.2. The van der Waals surface area contributed by atoms with Crippen molar-refractivity contribution >= 4 is 22.5 Å². The molecule has 104 valence electrons. The molecule has 0 amide bonds. The van der Waals surface area contributed by atoms with Gasteiger partial charge in [-0.2, -0.15) is 0 Å². The maximum absolute atomic E-state index is 9.98. The summed E-state index contributed by atoms with van der Waals surface area (Å²) < 4.78 is 7.31. The highest BCUT2D eigenvalue weighted by molar-refractivity contribution is 6.32. The van der Waals surface area contributed by atoms with Crippen molar-refractivity contribution in [2.24, 2.45) is 5.92 Å². The van der Waals surface area contributed by atoms with Crippen molar-refractivity contribution in [3.63, 3.8) is 0 Å². The maximum Gasteiger partial charge on any atom is 0.119 e. The monoisotopic (exact) mass is 281 g/mol. The van der Waals surface area contributed by atoms with Gasteiger partial charge in [-0.05, 0) is 31.0 Å². The van der Waals surface area contributed by atoms with Crippen molar-refractivity contribution in [2.45, 2.75) is 33.4 Å². The fourth-order valence-electron chi connectivity index (χ4n) is 2.40. The van der Waals surface area contributed by atoms with Gasteiger partial charge in [-0.1, -0.05) is 25.4 Å². The zero-order chi connectivity index (χ0) is 14.2. The number of fused-ring (bicyclic) bond motifs is 1. The van der Waals surface area contributed by atoms with E-state index in [1.54, 1.807) is 14.0 Å². The number of methoxy groups -OCH3 is 1. The third-order valence-electron chi connectivity index (χ3n) is 3.21. The van der Waals surface area contributed by atoms with Gasteiger partial charge in [0, 0.05) is 23.0 Å². The van der Waals surface area contributed by atoms with E-state index in [1.165, 1.54) is 0 Å². The van der Waals surface area contributed by atoms with Crippen molar-refractivity contribution < 1.29 is 9.84 Å². The third-order valence-corrected chi connectivity index (χ3v) is 3.62. The largest absolute Gasteiger partial charge is 0.497 e. The van der Waals surface area contributed by atoms with Crippen LogP contribution < -0.4 is 4.74 Å². The Labute approximate surface area is 118 Å². The number of hydrogen-bond donors (Lipinski definition) is 1. The minimum atomic E-state index is -0.601. The Morgan fingerprint density at radius 2 is 2.00 bits per heavy atom. The molecule has 0 fully saturated rings. The maximum atomic E-state index is 9.98.